The summed E-state index contributed by atoms with van der Waals surface area (Å²) in [6.45, 7) is 7.11. The summed E-state index contributed by atoms with van der Waals surface area (Å²) in [6.07, 6.45) is 0.0951. The first-order valence-corrected chi connectivity index (χ1v) is 7.70. The van der Waals surface area contributed by atoms with Gasteiger partial charge in [0, 0.05) is 31.3 Å². The largest absolute Gasteiger partial charge is 0.481 e. The molecule has 128 valence electrons. The lowest BCUT2D eigenvalue weighted by atomic mass is 9.96. The average Bonchev–Trinajstić information content (AvgIpc) is 2.93. The quantitative estimate of drug-likeness (QED) is 0.860. The third kappa shape index (κ3) is 5.02. The molecule has 1 fully saturated rings. The third-order valence-corrected chi connectivity index (χ3v) is 3.59. The monoisotopic (exact) mass is 325 g/mol. The van der Waals surface area contributed by atoms with E-state index in [1.165, 1.54) is 0 Å². The van der Waals surface area contributed by atoms with Crippen LogP contribution in [0.5, 0.6) is 0 Å². The summed E-state index contributed by atoms with van der Waals surface area (Å²) in [7, 11) is 0. The normalized spacial score (nSPS) is 18.9. The summed E-state index contributed by atoms with van der Waals surface area (Å²) in [4.78, 5) is 28.9. The van der Waals surface area contributed by atoms with E-state index >= 15 is 0 Å². The number of carbonyl (C=O) groups excluding carboxylic acids is 1. The molecule has 1 saturated heterocycles. The molecular formula is C15H23N3O5. The number of ether oxygens (including phenoxy) is 1. The Labute approximate surface area is 134 Å². The lowest BCUT2D eigenvalue weighted by Gasteiger charge is -2.32. The van der Waals surface area contributed by atoms with Gasteiger partial charge in [0.1, 0.15) is 0 Å². The van der Waals surface area contributed by atoms with Crippen LogP contribution in [0.4, 0.5) is 0 Å². The Balaban J connectivity index is 1.84. The van der Waals surface area contributed by atoms with Crippen molar-refractivity contribution in [3.05, 3.63) is 11.7 Å². The van der Waals surface area contributed by atoms with E-state index in [9.17, 15) is 9.59 Å². The van der Waals surface area contributed by atoms with Gasteiger partial charge in [-0.15, -0.1) is 0 Å². The predicted molar refractivity (Wildman–Crippen MR) is 79.9 cm³/mol. The first-order chi connectivity index (χ1) is 10.8. The van der Waals surface area contributed by atoms with Crippen molar-refractivity contribution >= 4 is 11.9 Å². The summed E-state index contributed by atoms with van der Waals surface area (Å²) in [5, 5.41) is 12.7. The van der Waals surface area contributed by atoms with Crippen molar-refractivity contribution in [2.45, 2.75) is 51.6 Å². The number of hydrogen-bond donors (Lipinski definition) is 1. The van der Waals surface area contributed by atoms with Gasteiger partial charge in [0.2, 0.25) is 11.8 Å². The van der Waals surface area contributed by atoms with Crippen molar-refractivity contribution in [1.82, 2.24) is 15.0 Å². The topological polar surface area (TPSA) is 106 Å². The lowest BCUT2D eigenvalue weighted by molar-refractivity contribution is -0.147. The highest BCUT2D eigenvalue weighted by molar-refractivity contribution is 5.76. The van der Waals surface area contributed by atoms with E-state index in [1.807, 2.05) is 20.8 Å². The summed E-state index contributed by atoms with van der Waals surface area (Å²) >= 11 is 0. The van der Waals surface area contributed by atoms with Crippen LogP contribution in [0, 0.1) is 0 Å². The fraction of sp³-hybridized carbons (Fsp3) is 0.733. The van der Waals surface area contributed by atoms with Crippen molar-refractivity contribution in [2.24, 2.45) is 0 Å². The molecule has 0 spiro atoms. The molecule has 8 nitrogen and oxygen atoms in total. The minimum absolute atomic E-state index is 0.0563. The van der Waals surface area contributed by atoms with Gasteiger partial charge in [0.05, 0.1) is 19.1 Å². The maximum absolute atomic E-state index is 12.2. The number of carboxylic acids is 1. The minimum Gasteiger partial charge on any atom is -0.481 e. The van der Waals surface area contributed by atoms with Crippen LogP contribution in [-0.2, 0) is 26.2 Å². The molecule has 0 saturated carbocycles. The molecule has 0 aliphatic carbocycles. The molecule has 1 aromatic heterocycles. The second-order valence-corrected chi connectivity index (χ2v) is 6.69. The van der Waals surface area contributed by atoms with Gasteiger partial charge >= 0.3 is 5.97 Å². The van der Waals surface area contributed by atoms with Crippen LogP contribution in [0.1, 0.15) is 45.3 Å². The Morgan fingerprint density at radius 3 is 2.74 bits per heavy atom. The van der Waals surface area contributed by atoms with Gasteiger partial charge in [-0.25, -0.2) is 0 Å². The van der Waals surface area contributed by atoms with E-state index in [1.54, 1.807) is 4.90 Å². The van der Waals surface area contributed by atoms with Crippen molar-refractivity contribution in [1.29, 1.82) is 0 Å². The molecular weight excluding hydrogens is 302 g/mol. The standard InChI is InChI=1S/C15H23N3O5/c1-15(2,3)14-16-11(23-17-14)4-5-12(19)18-6-7-22-10(9-18)8-13(20)21/h10H,4-9H2,1-3H3,(H,20,21)/t10-/m1/s1. The van der Waals surface area contributed by atoms with Gasteiger partial charge < -0.3 is 19.3 Å². The summed E-state index contributed by atoms with van der Waals surface area (Å²) < 4.78 is 10.5. The smallest absolute Gasteiger partial charge is 0.306 e. The summed E-state index contributed by atoms with van der Waals surface area (Å²) in [5.74, 6) is 0.0792. The van der Waals surface area contributed by atoms with Gasteiger partial charge in [-0.2, -0.15) is 4.98 Å². The van der Waals surface area contributed by atoms with Crippen molar-refractivity contribution in [3.63, 3.8) is 0 Å². The van der Waals surface area contributed by atoms with Crippen LogP contribution in [-0.4, -0.2) is 57.8 Å². The molecule has 0 aromatic carbocycles. The highest BCUT2D eigenvalue weighted by atomic mass is 16.5. The van der Waals surface area contributed by atoms with E-state index in [0.29, 0.717) is 37.8 Å². The highest BCUT2D eigenvalue weighted by Crippen LogP contribution is 2.19. The number of carbonyl (C=O) groups is 2. The van der Waals surface area contributed by atoms with Gasteiger partial charge in [-0.05, 0) is 0 Å². The van der Waals surface area contributed by atoms with E-state index in [0.717, 1.165) is 0 Å². The number of nitrogens with zero attached hydrogens (tertiary/aromatic N) is 3. The van der Waals surface area contributed by atoms with E-state index in [-0.39, 0.29) is 24.2 Å². The molecule has 1 aliphatic rings. The Bertz CT molecular complexity index is 564. The number of morpholine rings is 1. The lowest BCUT2D eigenvalue weighted by Crippen LogP contribution is -2.46. The molecule has 1 aromatic rings. The molecule has 2 rings (SSSR count). The van der Waals surface area contributed by atoms with Crippen LogP contribution in [0.15, 0.2) is 4.52 Å². The van der Waals surface area contributed by atoms with Crippen LogP contribution in [0.3, 0.4) is 0 Å². The zero-order valence-electron chi connectivity index (χ0n) is 13.7. The number of aromatic nitrogens is 2. The summed E-state index contributed by atoms with van der Waals surface area (Å²) in [5.41, 5.74) is -0.194. The second-order valence-electron chi connectivity index (χ2n) is 6.69. The highest BCUT2D eigenvalue weighted by Gasteiger charge is 2.26. The Kier molecular flexibility index (Phi) is 5.35. The Morgan fingerprint density at radius 2 is 2.13 bits per heavy atom. The zero-order valence-corrected chi connectivity index (χ0v) is 13.7. The SMILES string of the molecule is CC(C)(C)c1noc(CCC(=O)N2CCO[C@H](CC(=O)O)C2)n1. The Hall–Kier alpha value is -1.96. The maximum Gasteiger partial charge on any atom is 0.306 e. The molecule has 0 bridgehead atoms. The number of rotatable bonds is 5. The fourth-order valence-corrected chi connectivity index (χ4v) is 2.30. The summed E-state index contributed by atoms with van der Waals surface area (Å²) in [6, 6.07) is 0. The van der Waals surface area contributed by atoms with Gasteiger partial charge in [-0.3, -0.25) is 9.59 Å². The first-order valence-electron chi connectivity index (χ1n) is 7.70. The molecule has 23 heavy (non-hydrogen) atoms. The Morgan fingerprint density at radius 1 is 1.39 bits per heavy atom. The second kappa shape index (κ2) is 7.08. The van der Waals surface area contributed by atoms with E-state index in [4.69, 9.17) is 14.4 Å². The maximum atomic E-state index is 12.2. The minimum atomic E-state index is -0.926. The van der Waals surface area contributed by atoms with Gasteiger partial charge in [0.15, 0.2) is 5.82 Å². The van der Waals surface area contributed by atoms with Crippen LogP contribution in [0.2, 0.25) is 0 Å². The van der Waals surface area contributed by atoms with E-state index < -0.39 is 12.1 Å². The average molecular weight is 325 g/mol. The van der Waals surface area contributed by atoms with Crippen LogP contribution >= 0.6 is 0 Å². The number of aryl methyl sites for hydroxylation is 1. The number of aliphatic carboxylic acids is 1. The zero-order chi connectivity index (χ0) is 17.0. The molecule has 2 heterocycles. The number of hydrogen-bond acceptors (Lipinski definition) is 6. The number of carboxylic acid groups (broad SMARTS) is 1. The molecule has 8 heteroatoms. The fourth-order valence-electron chi connectivity index (χ4n) is 2.30. The number of amides is 1. The molecule has 1 atom stereocenters. The van der Waals surface area contributed by atoms with E-state index in [2.05, 4.69) is 10.1 Å². The van der Waals surface area contributed by atoms with Crippen LogP contribution < -0.4 is 0 Å². The van der Waals surface area contributed by atoms with Crippen molar-refractivity contribution in [2.75, 3.05) is 19.7 Å². The predicted octanol–water partition coefficient (Wildman–Crippen LogP) is 1.00. The van der Waals surface area contributed by atoms with Gasteiger partial charge in [-0.1, -0.05) is 25.9 Å². The molecule has 0 radical (unpaired) electrons. The molecule has 1 N–H and O–H groups in total. The van der Waals surface area contributed by atoms with Crippen molar-refractivity contribution in [3.8, 4) is 0 Å². The molecule has 1 aliphatic heterocycles. The van der Waals surface area contributed by atoms with Crippen LogP contribution in [0.25, 0.3) is 0 Å². The first kappa shape index (κ1) is 17.4. The third-order valence-electron chi connectivity index (χ3n) is 3.59. The molecule has 1 amide bonds. The van der Waals surface area contributed by atoms with Gasteiger partial charge in [0.25, 0.3) is 0 Å². The molecule has 0 unspecified atom stereocenters. The van der Waals surface area contributed by atoms with Crippen molar-refractivity contribution < 1.29 is 24.0 Å².